The Labute approximate surface area is 152 Å². The molecular weight excluding hydrogens is 344 g/mol. The molecule has 0 aromatic carbocycles. The average molecular weight is 374 g/mol. The molecule has 0 atom stereocenters. The van der Waals surface area contributed by atoms with E-state index in [0.29, 0.717) is 52.1 Å². The van der Waals surface area contributed by atoms with Gasteiger partial charge in [0.1, 0.15) is 0 Å². The van der Waals surface area contributed by atoms with Gasteiger partial charge in [0.25, 0.3) is 5.91 Å². The average Bonchev–Trinajstić information content (AvgIpc) is 2.66. The number of rotatable bonds is 7. The van der Waals surface area contributed by atoms with Crippen molar-refractivity contribution in [3.8, 4) is 0 Å². The maximum Gasteiger partial charge on any atom is 0.280 e. The van der Waals surface area contributed by atoms with Gasteiger partial charge in [0, 0.05) is 43.7 Å². The summed E-state index contributed by atoms with van der Waals surface area (Å²) in [6, 6.07) is 0. The molecule has 10 heteroatoms. The SMILES string of the molecule is NCC1(C(CC(N)=O)(C(=O)N(O)O)C2(CN)CCOCC2)CCOCC1. The Morgan fingerprint density at radius 2 is 1.31 bits per heavy atom. The van der Waals surface area contributed by atoms with E-state index in [9.17, 15) is 20.0 Å². The van der Waals surface area contributed by atoms with Crippen LogP contribution in [0.25, 0.3) is 0 Å². The highest BCUT2D eigenvalue weighted by molar-refractivity contribution is 5.89. The fourth-order valence-electron chi connectivity index (χ4n) is 5.03. The summed E-state index contributed by atoms with van der Waals surface area (Å²) in [5.74, 6) is -1.73. The van der Waals surface area contributed by atoms with Crippen molar-refractivity contribution >= 4 is 11.8 Å². The van der Waals surface area contributed by atoms with Crippen molar-refractivity contribution in [3.05, 3.63) is 0 Å². The van der Waals surface area contributed by atoms with E-state index >= 15 is 0 Å². The third-order valence-corrected chi connectivity index (χ3v) is 6.48. The van der Waals surface area contributed by atoms with Crippen LogP contribution in [-0.4, -0.2) is 67.0 Å². The van der Waals surface area contributed by atoms with Crippen LogP contribution in [0.4, 0.5) is 0 Å². The Morgan fingerprint density at radius 1 is 0.923 bits per heavy atom. The first-order valence-corrected chi connectivity index (χ1v) is 8.87. The number of nitrogens with zero attached hydrogens (tertiary/aromatic N) is 1. The monoisotopic (exact) mass is 374 g/mol. The molecule has 0 radical (unpaired) electrons. The molecule has 2 saturated heterocycles. The third kappa shape index (κ3) is 3.21. The van der Waals surface area contributed by atoms with Crippen molar-refractivity contribution in [2.75, 3.05) is 39.5 Å². The summed E-state index contributed by atoms with van der Waals surface area (Å²) < 4.78 is 10.9. The standard InChI is InChI=1S/C16H30N4O6/c17-10-14(1-5-25-6-2-14)16(9-12(19)21,13(22)20(23)24)15(11-18)3-7-26-8-4-15/h23-24H,1-11,17-18H2,(H2,19,21). The number of amides is 2. The van der Waals surface area contributed by atoms with Crippen LogP contribution in [-0.2, 0) is 19.1 Å². The lowest BCUT2D eigenvalue weighted by Gasteiger charge is -2.60. The second-order valence-corrected chi connectivity index (χ2v) is 7.34. The van der Waals surface area contributed by atoms with Gasteiger partial charge >= 0.3 is 0 Å². The highest BCUT2D eigenvalue weighted by Crippen LogP contribution is 2.62. The highest BCUT2D eigenvalue weighted by atomic mass is 16.8. The Kier molecular flexibility index (Phi) is 6.59. The minimum absolute atomic E-state index is 0.0613. The van der Waals surface area contributed by atoms with E-state index in [-0.39, 0.29) is 19.5 Å². The number of carbonyl (C=O) groups is 2. The summed E-state index contributed by atoms with van der Waals surface area (Å²) in [7, 11) is 0. The molecule has 2 aliphatic rings. The largest absolute Gasteiger partial charge is 0.381 e. The predicted molar refractivity (Wildman–Crippen MR) is 89.7 cm³/mol. The molecule has 2 aliphatic heterocycles. The van der Waals surface area contributed by atoms with Gasteiger partial charge in [-0.25, -0.2) is 0 Å². The molecule has 0 aromatic heterocycles. The first-order chi connectivity index (χ1) is 12.3. The lowest BCUT2D eigenvalue weighted by atomic mass is 9.44. The normalized spacial score (nSPS) is 22.6. The topological polar surface area (TPSA) is 174 Å². The zero-order valence-corrected chi connectivity index (χ0v) is 15.0. The second kappa shape index (κ2) is 8.15. The second-order valence-electron chi connectivity index (χ2n) is 7.34. The van der Waals surface area contributed by atoms with Crippen molar-refractivity contribution in [3.63, 3.8) is 0 Å². The number of hydrogen-bond donors (Lipinski definition) is 5. The van der Waals surface area contributed by atoms with Crippen LogP contribution in [0, 0.1) is 16.2 Å². The van der Waals surface area contributed by atoms with Crippen molar-refractivity contribution in [2.45, 2.75) is 32.1 Å². The Morgan fingerprint density at radius 3 is 1.58 bits per heavy atom. The molecule has 0 aliphatic carbocycles. The van der Waals surface area contributed by atoms with Gasteiger partial charge in [-0.1, -0.05) is 5.23 Å². The molecule has 0 bridgehead atoms. The number of primary amides is 1. The fraction of sp³-hybridized carbons (Fsp3) is 0.875. The van der Waals surface area contributed by atoms with Crippen molar-refractivity contribution in [1.29, 1.82) is 0 Å². The number of hydrogen-bond acceptors (Lipinski definition) is 8. The maximum atomic E-state index is 13.3. The number of nitrogens with two attached hydrogens (primary N) is 3. The van der Waals surface area contributed by atoms with Gasteiger partial charge in [-0.3, -0.25) is 20.0 Å². The fourth-order valence-corrected chi connectivity index (χ4v) is 5.03. The number of hydroxylamine groups is 2. The van der Waals surface area contributed by atoms with E-state index in [1.165, 1.54) is 0 Å². The van der Waals surface area contributed by atoms with Gasteiger partial charge < -0.3 is 26.7 Å². The number of ether oxygens (including phenoxy) is 2. The predicted octanol–water partition coefficient (Wildman–Crippen LogP) is -1.03. The smallest absolute Gasteiger partial charge is 0.280 e. The van der Waals surface area contributed by atoms with Crippen LogP contribution in [0.2, 0.25) is 0 Å². The van der Waals surface area contributed by atoms with Gasteiger partial charge in [-0.2, -0.15) is 0 Å². The van der Waals surface area contributed by atoms with E-state index in [0.717, 1.165) is 0 Å². The van der Waals surface area contributed by atoms with E-state index in [4.69, 9.17) is 26.7 Å². The van der Waals surface area contributed by atoms with E-state index in [1.54, 1.807) is 0 Å². The van der Waals surface area contributed by atoms with Crippen LogP contribution >= 0.6 is 0 Å². The van der Waals surface area contributed by atoms with Crippen LogP contribution < -0.4 is 17.2 Å². The summed E-state index contributed by atoms with van der Waals surface area (Å²) in [5, 5.41) is 18.9. The molecule has 2 heterocycles. The summed E-state index contributed by atoms with van der Waals surface area (Å²) in [6.07, 6.45) is 1.17. The van der Waals surface area contributed by atoms with E-state index in [2.05, 4.69) is 0 Å². The Bertz CT molecular complexity index is 489. The summed E-state index contributed by atoms with van der Waals surface area (Å²) in [4.78, 5) is 25.3. The molecule has 2 amide bonds. The third-order valence-electron chi connectivity index (χ3n) is 6.48. The highest BCUT2D eigenvalue weighted by Gasteiger charge is 2.67. The lowest BCUT2D eigenvalue weighted by Crippen LogP contribution is -2.68. The van der Waals surface area contributed by atoms with Gasteiger partial charge in [0.05, 0.1) is 5.41 Å². The van der Waals surface area contributed by atoms with Crippen LogP contribution in [0.15, 0.2) is 0 Å². The zero-order chi connectivity index (χ0) is 19.4. The maximum absolute atomic E-state index is 13.3. The van der Waals surface area contributed by atoms with Crippen molar-refractivity contribution in [2.24, 2.45) is 33.4 Å². The van der Waals surface area contributed by atoms with Crippen LogP contribution in [0.3, 0.4) is 0 Å². The van der Waals surface area contributed by atoms with Gasteiger partial charge in [-0.05, 0) is 38.8 Å². The molecule has 150 valence electrons. The molecule has 2 rings (SSSR count). The summed E-state index contributed by atoms with van der Waals surface area (Å²) >= 11 is 0. The van der Waals surface area contributed by atoms with Crippen molar-refractivity contribution < 1.29 is 29.5 Å². The molecule has 26 heavy (non-hydrogen) atoms. The molecule has 0 aromatic rings. The first-order valence-electron chi connectivity index (χ1n) is 8.87. The van der Waals surface area contributed by atoms with E-state index in [1.807, 2.05) is 0 Å². The quantitative estimate of drug-likeness (QED) is 0.277. The molecule has 0 saturated carbocycles. The molecule has 0 spiro atoms. The minimum atomic E-state index is -1.56. The zero-order valence-electron chi connectivity index (χ0n) is 15.0. The summed E-state index contributed by atoms with van der Waals surface area (Å²) in [6.45, 7) is 1.51. The minimum Gasteiger partial charge on any atom is -0.381 e. The van der Waals surface area contributed by atoms with Gasteiger partial charge in [-0.15, -0.1) is 0 Å². The van der Waals surface area contributed by atoms with Gasteiger partial charge in [0.2, 0.25) is 5.91 Å². The Hall–Kier alpha value is -1.30. The molecule has 0 unspecified atom stereocenters. The molecule has 2 fully saturated rings. The summed E-state index contributed by atoms with van der Waals surface area (Å²) in [5.41, 5.74) is 14.5. The lowest BCUT2D eigenvalue weighted by molar-refractivity contribution is -0.306. The Balaban J connectivity index is 2.74. The molecule has 10 nitrogen and oxygen atoms in total. The van der Waals surface area contributed by atoms with E-state index < -0.39 is 33.3 Å². The van der Waals surface area contributed by atoms with Crippen molar-refractivity contribution in [1.82, 2.24) is 5.23 Å². The molecule has 8 N–H and O–H groups in total. The van der Waals surface area contributed by atoms with Crippen LogP contribution in [0.1, 0.15) is 32.1 Å². The number of carbonyl (C=O) groups excluding carboxylic acids is 2. The van der Waals surface area contributed by atoms with Gasteiger partial charge in [0.15, 0.2) is 0 Å². The van der Waals surface area contributed by atoms with Crippen LogP contribution in [0.5, 0.6) is 0 Å². The molecular formula is C16H30N4O6. The first kappa shape index (κ1) is 21.0.